The van der Waals surface area contributed by atoms with E-state index in [1.54, 1.807) is 24.3 Å². The van der Waals surface area contributed by atoms with Crippen LogP contribution in [0, 0.1) is 5.82 Å². The predicted octanol–water partition coefficient (Wildman–Crippen LogP) is 3.86. The second-order valence-corrected chi connectivity index (χ2v) is 4.50. The topological polar surface area (TPSA) is 50.4 Å². The summed E-state index contributed by atoms with van der Waals surface area (Å²) in [5, 5.41) is 4.56. The molecule has 19 heavy (non-hydrogen) atoms. The Morgan fingerprint density at radius 1 is 1.05 bits per heavy atom. The lowest BCUT2D eigenvalue weighted by molar-refractivity contribution is 0.625. The standard InChI is InChI=1S/C13H10Cl2FN3/c14-8-4-1-2-7-11(8)18-19-13(17)12-9(15)5-3-6-10(12)16/h1-7,18H,(H2,17,19). The van der Waals surface area contributed by atoms with Crippen molar-refractivity contribution in [3.8, 4) is 0 Å². The lowest BCUT2D eigenvalue weighted by Gasteiger charge is -2.07. The van der Waals surface area contributed by atoms with E-state index in [9.17, 15) is 4.39 Å². The molecular formula is C13H10Cl2FN3. The summed E-state index contributed by atoms with van der Waals surface area (Å²) in [6.45, 7) is 0. The van der Waals surface area contributed by atoms with Gasteiger partial charge in [-0.25, -0.2) is 4.39 Å². The first-order valence-corrected chi connectivity index (χ1v) is 6.13. The van der Waals surface area contributed by atoms with Crippen LogP contribution in [0.3, 0.4) is 0 Å². The maximum absolute atomic E-state index is 13.6. The van der Waals surface area contributed by atoms with E-state index >= 15 is 0 Å². The fourth-order valence-corrected chi connectivity index (χ4v) is 1.91. The van der Waals surface area contributed by atoms with Crippen LogP contribution in [-0.2, 0) is 0 Å². The van der Waals surface area contributed by atoms with Gasteiger partial charge in [0.15, 0.2) is 5.84 Å². The van der Waals surface area contributed by atoms with Crippen molar-refractivity contribution in [3.05, 3.63) is 63.9 Å². The Kier molecular flexibility index (Phi) is 4.24. The van der Waals surface area contributed by atoms with Crippen LogP contribution >= 0.6 is 23.2 Å². The highest BCUT2D eigenvalue weighted by Gasteiger charge is 2.11. The van der Waals surface area contributed by atoms with E-state index in [1.807, 2.05) is 0 Å². The number of hydrogen-bond donors (Lipinski definition) is 2. The second kappa shape index (κ2) is 5.91. The molecule has 0 unspecified atom stereocenters. The number of amidine groups is 1. The van der Waals surface area contributed by atoms with Gasteiger partial charge in [0.05, 0.1) is 21.3 Å². The number of nitrogens with zero attached hydrogens (tertiary/aromatic N) is 1. The van der Waals surface area contributed by atoms with E-state index in [1.165, 1.54) is 18.2 Å². The first kappa shape index (κ1) is 13.6. The highest BCUT2D eigenvalue weighted by Crippen LogP contribution is 2.21. The number of para-hydroxylation sites is 1. The number of rotatable bonds is 3. The highest BCUT2D eigenvalue weighted by atomic mass is 35.5. The van der Waals surface area contributed by atoms with Gasteiger partial charge in [-0.15, -0.1) is 0 Å². The highest BCUT2D eigenvalue weighted by molar-refractivity contribution is 6.34. The quantitative estimate of drug-likeness (QED) is 0.513. The van der Waals surface area contributed by atoms with Crippen LogP contribution in [0.2, 0.25) is 10.0 Å². The van der Waals surface area contributed by atoms with Gasteiger partial charge in [0.25, 0.3) is 0 Å². The zero-order valence-corrected chi connectivity index (χ0v) is 11.2. The SMILES string of the molecule is NC(=NNc1ccccc1Cl)c1c(F)cccc1Cl. The van der Waals surface area contributed by atoms with Crippen molar-refractivity contribution in [2.75, 3.05) is 5.43 Å². The number of hydrazone groups is 1. The number of hydrogen-bond acceptors (Lipinski definition) is 2. The summed E-state index contributed by atoms with van der Waals surface area (Å²) < 4.78 is 13.6. The summed E-state index contributed by atoms with van der Waals surface area (Å²) >= 11 is 11.8. The third-order valence-corrected chi connectivity index (χ3v) is 3.03. The minimum absolute atomic E-state index is 0.0528. The van der Waals surface area contributed by atoms with Crippen molar-refractivity contribution < 1.29 is 4.39 Å². The van der Waals surface area contributed by atoms with Crippen LogP contribution in [0.15, 0.2) is 47.6 Å². The minimum Gasteiger partial charge on any atom is -0.382 e. The molecule has 3 N–H and O–H groups in total. The summed E-state index contributed by atoms with van der Waals surface area (Å²) in [7, 11) is 0. The molecule has 0 saturated carbocycles. The molecule has 98 valence electrons. The molecule has 0 fully saturated rings. The Hall–Kier alpha value is -1.78. The smallest absolute Gasteiger partial charge is 0.155 e. The molecule has 0 atom stereocenters. The van der Waals surface area contributed by atoms with Gasteiger partial charge in [-0.2, -0.15) is 5.10 Å². The van der Waals surface area contributed by atoms with Gasteiger partial charge in [0, 0.05) is 0 Å². The maximum Gasteiger partial charge on any atom is 0.155 e. The summed E-state index contributed by atoms with van der Waals surface area (Å²) in [4.78, 5) is 0. The Balaban J connectivity index is 2.27. The summed E-state index contributed by atoms with van der Waals surface area (Å²) in [5.74, 6) is -0.585. The molecule has 2 aromatic rings. The first-order valence-electron chi connectivity index (χ1n) is 5.37. The molecule has 0 heterocycles. The predicted molar refractivity (Wildman–Crippen MR) is 77.2 cm³/mol. The third-order valence-electron chi connectivity index (χ3n) is 2.39. The van der Waals surface area contributed by atoms with E-state index in [0.29, 0.717) is 10.7 Å². The number of benzene rings is 2. The van der Waals surface area contributed by atoms with Crippen LogP contribution in [0.4, 0.5) is 10.1 Å². The van der Waals surface area contributed by atoms with Gasteiger partial charge < -0.3 is 5.73 Å². The average molecular weight is 298 g/mol. The van der Waals surface area contributed by atoms with E-state index in [0.717, 1.165) is 0 Å². The van der Waals surface area contributed by atoms with E-state index in [4.69, 9.17) is 28.9 Å². The molecule has 0 amide bonds. The number of nitrogens with two attached hydrogens (primary N) is 1. The molecule has 0 aromatic heterocycles. The molecule has 0 radical (unpaired) electrons. The Morgan fingerprint density at radius 3 is 2.42 bits per heavy atom. The molecule has 0 bridgehead atoms. The van der Waals surface area contributed by atoms with E-state index in [-0.39, 0.29) is 16.4 Å². The molecule has 0 aliphatic heterocycles. The van der Waals surface area contributed by atoms with Gasteiger partial charge in [-0.05, 0) is 24.3 Å². The molecular weight excluding hydrogens is 288 g/mol. The van der Waals surface area contributed by atoms with Crippen LogP contribution in [0.25, 0.3) is 0 Å². The summed E-state index contributed by atoms with van der Waals surface area (Å²) in [6.07, 6.45) is 0. The molecule has 6 heteroatoms. The Morgan fingerprint density at radius 2 is 1.74 bits per heavy atom. The van der Waals surface area contributed by atoms with Gasteiger partial charge in [-0.3, -0.25) is 5.43 Å². The molecule has 0 aliphatic rings. The fourth-order valence-electron chi connectivity index (χ4n) is 1.47. The number of anilines is 1. The van der Waals surface area contributed by atoms with Gasteiger partial charge in [-0.1, -0.05) is 41.4 Å². The van der Waals surface area contributed by atoms with E-state index in [2.05, 4.69) is 10.5 Å². The maximum atomic E-state index is 13.6. The number of halogens is 3. The van der Waals surface area contributed by atoms with Gasteiger partial charge in [0.1, 0.15) is 5.82 Å². The van der Waals surface area contributed by atoms with Crippen LogP contribution in [-0.4, -0.2) is 5.84 Å². The van der Waals surface area contributed by atoms with Crippen molar-refractivity contribution in [2.24, 2.45) is 10.8 Å². The zero-order valence-electron chi connectivity index (χ0n) is 9.70. The van der Waals surface area contributed by atoms with Crippen molar-refractivity contribution in [1.29, 1.82) is 0 Å². The van der Waals surface area contributed by atoms with Crippen LogP contribution in [0.1, 0.15) is 5.56 Å². The summed E-state index contributed by atoms with van der Waals surface area (Å²) in [6, 6.07) is 11.3. The minimum atomic E-state index is -0.533. The molecule has 0 spiro atoms. The lowest BCUT2D eigenvalue weighted by atomic mass is 10.2. The van der Waals surface area contributed by atoms with Crippen molar-refractivity contribution in [1.82, 2.24) is 0 Å². The molecule has 0 saturated heterocycles. The van der Waals surface area contributed by atoms with E-state index < -0.39 is 5.82 Å². The second-order valence-electron chi connectivity index (χ2n) is 3.69. The van der Waals surface area contributed by atoms with Crippen molar-refractivity contribution in [2.45, 2.75) is 0 Å². The fraction of sp³-hybridized carbons (Fsp3) is 0. The lowest BCUT2D eigenvalue weighted by Crippen LogP contribution is -2.17. The van der Waals surface area contributed by atoms with Crippen molar-refractivity contribution >= 4 is 34.7 Å². The van der Waals surface area contributed by atoms with Crippen molar-refractivity contribution in [3.63, 3.8) is 0 Å². The average Bonchev–Trinajstić information content (AvgIpc) is 2.37. The zero-order chi connectivity index (χ0) is 13.8. The largest absolute Gasteiger partial charge is 0.382 e. The molecule has 2 aromatic carbocycles. The number of nitrogens with one attached hydrogen (secondary N) is 1. The monoisotopic (exact) mass is 297 g/mol. The Labute approximate surface area is 119 Å². The first-order chi connectivity index (χ1) is 9.09. The molecule has 3 nitrogen and oxygen atoms in total. The van der Waals surface area contributed by atoms with Gasteiger partial charge in [0.2, 0.25) is 0 Å². The molecule has 0 aliphatic carbocycles. The van der Waals surface area contributed by atoms with Crippen LogP contribution in [0.5, 0.6) is 0 Å². The van der Waals surface area contributed by atoms with Gasteiger partial charge >= 0.3 is 0 Å². The molecule has 2 rings (SSSR count). The normalized spacial score (nSPS) is 11.4. The Bertz CT molecular complexity index is 609. The third kappa shape index (κ3) is 3.16. The summed E-state index contributed by atoms with van der Waals surface area (Å²) in [5.41, 5.74) is 9.01. The van der Waals surface area contributed by atoms with Crippen LogP contribution < -0.4 is 11.2 Å².